The average molecular weight is 364 g/mol. The number of carbonyl (C=O) groups excluding carboxylic acids is 2. The number of benzene rings is 2. The minimum Gasteiger partial charge on any atom is -0.508 e. The quantitative estimate of drug-likeness (QED) is 0.891. The van der Waals surface area contributed by atoms with Gasteiger partial charge < -0.3 is 14.9 Å². The smallest absolute Gasteiger partial charge is 0.253 e. The van der Waals surface area contributed by atoms with Crippen molar-refractivity contribution in [2.45, 2.75) is 25.8 Å². The van der Waals surface area contributed by atoms with Crippen LogP contribution in [0.3, 0.4) is 0 Å². The molecule has 140 valence electrons. The summed E-state index contributed by atoms with van der Waals surface area (Å²) < 4.78 is 0. The second kappa shape index (κ2) is 7.43. The minimum atomic E-state index is -0.148. The standard InChI is InChI=1S/C22H24N2O3/c25-20-9-8-16-10-12-24(15-19(16)13-20)22(27)18-7-4-11-23(14-18)21(26)17-5-2-1-3-6-17/h1-3,5-6,8-9,13,18,25H,4,7,10-12,14-15H2. The topological polar surface area (TPSA) is 60.9 Å². The summed E-state index contributed by atoms with van der Waals surface area (Å²) in [5, 5.41) is 9.72. The maximum absolute atomic E-state index is 13.1. The van der Waals surface area contributed by atoms with E-state index in [4.69, 9.17) is 0 Å². The van der Waals surface area contributed by atoms with Crippen LogP contribution in [0.5, 0.6) is 5.75 Å². The molecular formula is C22H24N2O3. The number of piperidine rings is 1. The van der Waals surface area contributed by atoms with Gasteiger partial charge in [0.05, 0.1) is 5.92 Å². The number of rotatable bonds is 2. The number of hydrogen-bond donors (Lipinski definition) is 1. The summed E-state index contributed by atoms with van der Waals surface area (Å²) in [4.78, 5) is 29.5. The molecule has 0 bridgehead atoms. The van der Waals surface area contributed by atoms with Crippen molar-refractivity contribution in [1.82, 2.24) is 9.80 Å². The molecule has 0 spiro atoms. The molecule has 0 aliphatic carbocycles. The van der Waals surface area contributed by atoms with Gasteiger partial charge in [-0.25, -0.2) is 0 Å². The van der Waals surface area contributed by atoms with Crippen LogP contribution in [-0.2, 0) is 17.8 Å². The lowest BCUT2D eigenvalue weighted by Gasteiger charge is -2.36. The third-order valence-corrected chi connectivity index (χ3v) is 5.59. The predicted molar refractivity (Wildman–Crippen MR) is 102 cm³/mol. The van der Waals surface area contributed by atoms with Gasteiger partial charge in [0.25, 0.3) is 5.91 Å². The van der Waals surface area contributed by atoms with Crippen LogP contribution in [-0.4, -0.2) is 46.4 Å². The van der Waals surface area contributed by atoms with E-state index in [1.165, 1.54) is 5.56 Å². The van der Waals surface area contributed by atoms with E-state index in [9.17, 15) is 14.7 Å². The molecular weight excluding hydrogens is 340 g/mol. The Labute approximate surface area is 159 Å². The van der Waals surface area contributed by atoms with E-state index < -0.39 is 0 Å². The van der Waals surface area contributed by atoms with Gasteiger partial charge in [-0.2, -0.15) is 0 Å². The highest BCUT2D eigenvalue weighted by Gasteiger charge is 2.32. The Hall–Kier alpha value is -2.82. The van der Waals surface area contributed by atoms with Gasteiger partial charge in [0, 0.05) is 31.7 Å². The highest BCUT2D eigenvalue weighted by Crippen LogP contribution is 2.26. The second-order valence-corrected chi connectivity index (χ2v) is 7.42. The molecule has 2 aliphatic rings. The monoisotopic (exact) mass is 364 g/mol. The van der Waals surface area contributed by atoms with Gasteiger partial charge in [0.1, 0.15) is 5.75 Å². The van der Waals surface area contributed by atoms with E-state index in [0.717, 1.165) is 24.8 Å². The number of phenolic OH excluding ortho intramolecular Hbond substituents is 1. The fraction of sp³-hybridized carbons (Fsp3) is 0.364. The van der Waals surface area contributed by atoms with Crippen molar-refractivity contribution in [2.75, 3.05) is 19.6 Å². The van der Waals surface area contributed by atoms with Gasteiger partial charge in [-0.15, -0.1) is 0 Å². The first-order chi connectivity index (χ1) is 13.1. The van der Waals surface area contributed by atoms with Crippen LogP contribution < -0.4 is 0 Å². The Morgan fingerprint density at radius 3 is 2.59 bits per heavy atom. The maximum Gasteiger partial charge on any atom is 0.253 e. The van der Waals surface area contributed by atoms with Crippen LogP contribution >= 0.6 is 0 Å². The molecule has 27 heavy (non-hydrogen) atoms. The molecule has 2 aromatic rings. The Morgan fingerprint density at radius 1 is 0.963 bits per heavy atom. The highest BCUT2D eigenvalue weighted by molar-refractivity contribution is 5.94. The number of nitrogens with zero attached hydrogens (tertiary/aromatic N) is 2. The summed E-state index contributed by atoms with van der Waals surface area (Å²) in [5.41, 5.74) is 2.89. The second-order valence-electron chi connectivity index (χ2n) is 7.42. The first kappa shape index (κ1) is 17.6. The fourth-order valence-corrected chi connectivity index (χ4v) is 4.12. The average Bonchev–Trinajstić information content (AvgIpc) is 2.73. The first-order valence-electron chi connectivity index (χ1n) is 9.55. The maximum atomic E-state index is 13.1. The van der Waals surface area contributed by atoms with Gasteiger partial charge in [-0.3, -0.25) is 9.59 Å². The van der Waals surface area contributed by atoms with Crippen molar-refractivity contribution in [1.29, 1.82) is 0 Å². The number of phenols is 1. The van der Waals surface area contributed by atoms with E-state index in [-0.39, 0.29) is 23.5 Å². The SMILES string of the molecule is O=C(c1ccccc1)N1CCCC(C(=O)N2CCc3ccc(O)cc3C2)C1. The molecule has 2 aromatic carbocycles. The Kier molecular flexibility index (Phi) is 4.84. The molecule has 1 saturated heterocycles. The molecule has 1 N–H and O–H groups in total. The Morgan fingerprint density at radius 2 is 1.78 bits per heavy atom. The number of carbonyl (C=O) groups is 2. The number of amides is 2. The first-order valence-corrected chi connectivity index (χ1v) is 9.55. The Balaban J connectivity index is 1.44. The van der Waals surface area contributed by atoms with Crippen LogP contribution in [0.4, 0.5) is 0 Å². The molecule has 2 heterocycles. The van der Waals surface area contributed by atoms with Crippen molar-refractivity contribution in [3.8, 4) is 5.75 Å². The molecule has 1 unspecified atom stereocenters. The van der Waals surface area contributed by atoms with Crippen molar-refractivity contribution in [3.05, 3.63) is 65.2 Å². The summed E-state index contributed by atoms with van der Waals surface area (Å²) >= 11 is 0. The van der Waals surface area contributed by atoms with Gasteiger partial charge >= 0.3 is 0 Å². The molecule has 5 heteroatoms. The van der Waals surface area contributed by atoms with Gasteiger partial charge in [-0.1, -0.05) is 24.3 Å². The molecule has 5 nitrogen and oxygen atoms in total. The van der Waals surface area contributed by atoms with Crippen LogP contribution in [0.25, 0.3) is 0 Å². The Bertz CT molecular complexity index is 850. The van der Waals surface area contributed by atoms with Crippen molar-refractivity contribution < 1.29 is 14.7 Å². The third-order valence-electron chi connectivity index (χ3n) is 5.59. The van der Waals surface area contributed by atoms with Crippen LogP contribution in [0.15, 0.2) is 48.5 Å². The zero-order valence-electron chi connectivity index (χ0n) is 15.3. The normalized spacial score (nSPS) is 19.5. The van der Waals surface area contributed by atoms with Crippen LogP contribution in [0, 0.1) is 5.92 Å². The molecule has 2 amide bonds. The van der Waals surface area contributed by atoms with E-state index in [1.54, 1.807) is 12.1 Å². The summed E-state index contributed by atoms with van der Waals surface area (Å²) in [6.45, 7) is 2.41. The zero-order valence-corrected chi connectivity index (χ0v) is 15.3. The van der Waals surface area contributed by atoms with Crippen molar-refractivity contribution in [3.63, 3.8) is 0 Å². The lowest BCUT2D eigenvalue weighted by atomic mass is 9.93. The van der Waals surface area contributed by atoms with Crippen LogP contribution in [0.1, 0.15) is 34.3 Å². The summed E-state index contributed by atoms with van der Waals surface area (Å²) in [6, 6.07) is 14.6. The van der Waals surface area contributed by atoms with E-state index in [1.807, 2.05) is 46.2 Å². The molecule has 0 aromatic heterocycles. The van der Waals surface area contributed by atoms with Crippen LogP contribution in [0.2, 0.25) is 0 Å². The molecule has 0 saturated carbocycles. The van der Waals surface area contributed by atoms with E-state index >= 15 is 0 Å². The highest BCUT2D eigenvalue weighted by atomic mass is 16.3. The van der Waals surface area contributed by atoms with Gasteiger partial charge in [0.2, 0.25) is 5.91 Å². The van der Waals surface area contributed by atoms with E-state index in [2.05, 4.69) is 0 Å². The third kappa shape index (κ3) is 3.68. The number of fused-ring (bicyclic) bond motifs is 1. The van der Waals surface area contributed by atoms with Gasteiger partial charge in [-0.05, 0) is 54.7 Å². The number of hydrogen-bond acceptors (Lipinski definition) is 3. The van der Waals surface area contributed by atoms with Gasteiger partial charge in [0.15, 0.2) is 0 Å². The molecule has 1 atom stereocenters. The van der Waals surface area contributed by atoms with E-state index in [0.29, 0.717) is 31.7 Å². The summed E-state index contributed by atoms with van der Waals surface area (Å²) in [5.74, 6) is 0.210. The molecule has 1 fully saturated rings. The molecule has 2 aliphatic heterocycles. The van der Waals surface area contributed by atoms with Crippen molar-refractivity contribution >= 4 is 11.8 Å². The van der Waals surface area contributed by atoms with Crippen molar-refractivity contribution in [2.24, 2.45) is 5.92 Å². The number of aromatic hydroxyl groups is 1. The molecule has 0 radical (unpaired) electrons. The summed E-state index contributed by atoms with van der Waals surface area (Å²) in [7, 11) is 0. The number of likely N-dealkylation sites (tertiary alicyclic amines) is 1. The lowest BCUT2D eigenvalue weighted by Crippen LogP contribution is -2.47. The predicted octanol–water partition coefficient (Wildman–Crippen LogP) is 2.83. The lowest BCUT2D eigenvalue weighted by molar-refractivity contribution is -0.137. The minimum absolute atomic E-state index is 0.00186. The zero-order chi connectivity index (χ0) is 18.8. The largest absolute Gasteiger partial charge is 0.508 e. The summed E-state index contributed by atoms with van der Waals surface area (Å²) in [6.07, 6.45) is 2.47. The molecule has 4 rings (SSSR count). The fourth-order valence-electron chi connectivity index (χ4n) is 4.12.